The summed E-state index contributed by atoms with van der Waals surface area (Å²) in [6.45, 7) is 0. The zero-order chi connectivity index (χ0) is 20.5. The number of anilines is 1. The zero-order valence-corrected chi connectivity index (χ0v) is 18.4. The smallest absolute Gasteiger partial charge is 0.229 e. The number of nitrogens with zero attached hydrogens (tertiary/aromatic N) is 1. The number of carbonyl (C=O) groups is 1. The minimum absolute atomic E-state index is 0.00999. The van der Waals surface area contributed by atoms with Crippen LogP contribution in [0.4, 0.5) is 5.00 Å². The summed E-state index contributed by atoms with van der Waals surface area (Å²) in [7, 11) is 1.64. The molecular formula is C24H22N2O2S2. The van der Waals surface area contributed by atoms with Gasteiger partial charge < -0.3 is 10.1 Å². The molecule has 0 saturated heterocycles. The molecule has 30 heavy (non-hydrogen) atoms. The third-order valence-corrected chi connectivity index (χ3v) is 7.69. The second-order valence-electron chi connectivity index (χ2n) is 7.48. The predicted molar refractivity (Wildman–Crippen MR) is 125 cm³/mol. The van der Waals surface area contributed by atoms with Crippen molar-refractivity contribution in [3.63, 3.8) is 0 Å². The fraction of sp³-hybridized carbons (Fsp3) is 0.250. The van der Waals surface area contributed by atoms with Gasteiger partial charge in [-0.05, 0) is 61.1 Å². The van der Waals surface area contributed by atoms with Crippen molar-refractivity contribution in [2.45, 2.75) is 32.1 Å². The van der Waals surface area contributed by atoms with Crippen LogP contribution in [0.3, 0.4) is 0 Å². The van der Waals surface area contributed by atoms with Crippen LogP contribution in [-0.4, -0.2) is 18.0 Å². The molecule has 0 bridgehead atoms. The Bertz CT molecular complexity index is 1190. The van der Waals surface area contributed by atoms with Crippen molar-refractivity contribution >= 4 is 43.8 Å². The van der Waals surface area contributed by atoms with E-state index in [0.29, 0.717) is 6.42 Å². The molecule has 2 aromatic heterocycles. The lowest BCUT2D eigenvalue weighted by atomic mass is 9.95. The van der Waals surface area contributed by atoms with Gasteiger partial charge in [0, 0.05) is 10.4 Å². The first-order valence-electron chi connectivity index (χ1n) is 10.1. The number of methoxy groups -OCH3 is 1. The molecule has 4 aromatic rings. The fourth-order valence-corrected chi connectivity index (χ4v) is 6.41. The lowest BCUT2D eigenvalue weighted by Crippen LogP contribution is -2.14. The van der Waals surface area contributed by atoms with Crippen LogP contribution in [0.2, 0.25) is 0 Å². The molecule has 152 valence electrons. The maximum atomic E-state index is 12.9. The Labute approximate surface area is 183 Å². The number of thiazole rings is 1. The predicted octanol–water partition coefficient (Wildman–Crippen LogP) is 6.09. The van der Waals surface area contributed by atoms with Crippen LogP contribution < -0.4 is 10.1 Å². The van der Waals surface area contributed by atoms with Crippen LogP contribution >= 0.6 is 22.7 Å². The number of aromatic nitrogens is 1. The Morgan fingerprint density at radius 1 is 1.10 bits per heavy atom. The van der Waals surface area contributed by atoms with Gasteiger partial charge in [0.15, 0.2) is 0 Å². The van der Waals surface area contributed by atoms with Gasteiger partial charge in [-0.3, -0.25) is 4.79 Å². The van der Waals surface area contributed by atoms with E-state index in [1.807, 2.05) is 36.4 Å². The average Bonchev–Trinajstić information content (AvgIpc) is 3.34. The minimum atomic E-state index is -0.00999. The van der Waals surface area contributed by atoms with Gasteiger partial charge in [0.05, 0.1) is 23.7 Å². The molecule has 1 aliphatic rings. The third-order valence-electron chi connectivity index (χ3n) is 5.43. The quantitative estimate of drug-likeness (QED) is 0.413. The SMILES string of the molecule is COc1cccc(CC(=O)Nc2sc3c(c2-c2nc4ccccc4s2)CCCC3)c1. The summed E-state index contributed by atoms with van der Waals surface area (Å²) in [5.74, 6) is 0.756. The molecule has 1 aliphatic carbocycles. The van der Waals surface area contributed by atoms with Crippen molar-refractivity contribution in [3.05, 3.63) is 64.5 Å². The van der Waals surface area contributed by atoms with Crippen molar-refractivity contribution in [1.82, 2.24) is 4.98 Å². The number of hydrogen-bond acceptors (Lipinski definition) is 5. The van der Waals surface area contributed by atoms with Crippen molar-refractivity contribution in [1.29, 1.82) is 0 Å². The van der Waals surface area contributed by atoms with Gasteiger partial charge in [0.2, 0.25) is 5.91 Å². The normalized spacial score (nSPS) is 13.2. The van der Waals surface area contributed by atoms with Gasteiger partial charge in [-0.15, -0.1) is 22.7 Å². The molecule has 0 spiro atoms. The molecule has 6 heteroatoms. The Kier molecular flexibility index (Phi) is 5.27. The molecule has 0 unspecified atom stereocenters. The van der Waals surface area contributed by atoms with E-state index in [2.05, 4.69) is 17.4 Å². The Hall–Kier alpha value is -2.70. The Morgan fingerprint density at radius 2 is 1.97 bits per heavy atom. The van der Waals surface area contributed by atoms with E-state index in [1.165, 1.54) is 28.0 Å². The highest BCUT2D eigenvalue weighted by atomic mass is 32.1. The van der Waals surface area contributed by atoms with Gasteiger partial charge >= 0.3 is 0 Å². The largest absolute Gasteiger partial charge is 0.497 e. The molecule has 1 N–H and O–H groups in total. The van der Waals surface area contributed by atoms with E-state index in [9.17, 15) is 4.79 Å². The number of rotatable bonds is 5. The number of ether oxygens (including phenoxy) is 1. The molecule has 2 heterocycles. The number of para-hydroxylation sites is 1. The molecule has 1 amide bonds. The minimum Gasteiger partial charge on any atom is -0.497 e. The molecule has 0 radical (unpaired) electrons. The fourth-order valence-electron chi connectivity index (χ4n) is 4.00. The van der Waals surface area contributed by atoms with E-state index in [0.717, 1.165) is 45.2 Å². The number of amides is 1. The first kappa shape index (κ1) is 19.3. The monoisotopic (exact) mass is 434 g/mol. The van der Waals surface area contributed by atoms with Gasteiger partial charge in [0.1, 0.15) is 15.8 Å². The Morgan fingerprint density at radius 3 is 2.83 bits per heavy atom. The summed E-state index contributed by atoms with van der Waals surface area (Å²) in [5, 5.41) is 5.15. The molecule has 2 aromatic carbocycles. The van der Waals surface area contributed by atoms with Gasteiger partial charge in [-0.25, -0.2) is 4.98 Å². The number of nitrogens with one attached hydrogen (secondary N) is 1. The Balaban J connectivity index is 1.48. The maximum absolute atomic E-state index is 12.9. The van der Waals surface area contributed by atoms with E-state index in [1.54, 1.807) is 29.8 Å². The second-order valence-corrected chi connectivity index (χ2v) is 9.61. The van der Waals surface area contributed by atoms with Crippen molar-refractivity contribution in [3.8, 4) is 16.3 Å². The topological polar surface area (TPSA) is 51.2 Å². The highest BCUT2D eigenvalue weighted by Crippen LogP contribution is 2.46. The van der Waals surface area contributed by atoms with Crippen LogP contribution in [0, 0.1) is 0 Å². The summed E-state index contributed by atoms with van der Waals surface area (Å²) >= 11 is 3.43. The van der Waals surface area contributed by atoms with Crippen LogP contribution in [0.25, 0.3) is 20.8 Å². The number of carbonyl (C=O) groups excluding carboxylic acids is 1. The van der Waals surface area contributed by atoms with Crippen LogP contribution in [0.5, 0.6) is 5.75 Å². The molecular weight excluding hydrogens is 412 g/mol. The lowest BCUT2D eigenvalue weighted by molar-refractivity contribution is -0.115. The lowest BCUT2D eigenvalue weighted by Gasteiger charge is -2.12. The molecule has 0 atom stereocenters. The van der Waals surface area contributed by atoms with Crippen LogP contribution in [0.1, 0.15) is 28.8 Å². The van der Waals surface area contributed by atoms with Crippen LogP contribution in [-0.2, 0) is 24.1 Å². The maximum Gasteiger partial charge on any atom is 0.229 e. The molecule has 0 aliphatic heterocycles. The van der Waals surface area contributed by atoms with E-state index in [-0.39, 0.29) is 5.91 Å². The van der Waals surface area contributed by atoms with Crippen molar-refractivity contribution < 1.29 is 9.53 Å². The second kappa shape index (κ2) is 8.20. The van der Waals surface area contributed by atoms with E-state index in [4.69, 9.17) is 9.72 Å². The van der Waals surface area contributed by atoms with Gasteiger partial charge in [0.25, 0.3) is 0 Å². The van der Waals surface area contributed by atoms with Crippen molar-refractivity contribution in [2.75, 3.05) is 12.4 Å². The molecule has 0 saturated carbocycles. The highest BCUT2D eigenvalue weighted by Gasteiger charge is 2.25. The van der Waals surface area contributed by atoms with Crippen molar-refractivity contribution in [2.24, 2.45) is 0 Å². The summed E-state index contributed by atoms with van der Waals surface area (Å²) in [4.78, 5) is 19.2. The number of aryl methyl sites for hydroxylation is 1. The number of fused-ring (bicyclic) bond motifs is 2. The molecule has 0 fully saturated rings. The first-order chi connectivity index (χ1) is 14.7. The van der Waals surface area contributed by atoms with Crippen LogP contribution in [0.15, 0.2) is 48.5 Å². The first-order valence-corrected chi connectivity index (χ1v) is 11.8. The molecule has 4 nitrogen and oxygen atoms in total. The zero-order valence-electron chi connectivity index (χ0n) is 16.7. The number of benzene rings is 2. The van der Waals surface area contributed by atoms with Gasteiger partial charge in [-0.1, -0.05) is 24.3 Å². The summed E-state index contributed by atoms with van der Waals surface area (Å²) in [6.07, 6.45) is 4.87. The molecule has 5 rings (SSSR count). The van der Waals surface area contributed by atoms with E-state index >= 15 is 0 Å². The summed E-state index contributed by atoms with van der Waals surface area (Å²) < 4.78 is 6.46. The van der Waals surface area contributed by atoms with E-state index < -0.39 is 0 Å². The standard InChI is InChI=1S/C24H22N2O2S2/c1-28-16-8-6-7-15(13-16)14-21(27)26-24-22(17-9-2-4-11-19(17)29-24)23-25-18-10-3-5-12-20(18)30-23/h3,5-8,10,12-13H,2,4,9,11,14H2,1H3,(H,26,27). The third kappa shape index (κ3) is 3.73. The highest BCUT2D eigenvalue weighted by molar-refractivity contribution is 7.22. The van der Waals surface area contributed by atoms with Gasteiger partial charge in [-0.2, -0.15) is 0 Å². The average molecular weight is 435 g/mol. The number of thiophene rings is 1. The summed E-state index contributed by atoms with van der Waals surface area (Å²) in [5.41, 5.74) is 4.47. The summed E-state index contributed by atoms with van der Waals surface area (Å²) in [6, 6.07) is 15.9. The number of hydrogen-bond donors (Lipinski definition) is 1.